The van der Waals surface area contributed by atoms with Crippen LogP contribution in [-0.4, -0.2) is 12.6 Å². The topological polar surface area (TPSA) is 26.3 Å². The molecule has 152 valence electrons. The molecule has 0 saturated heterocycles. The molecular weight excluding hydrogens is 320 g/mol. The Morgan fingerprint density at radius 3 is 1.92 bits per heavy atom. The van der Waals surface area contributed by atoms with E-state index in [0.717, 1.165) is 37.0 Å². The number of rotatable bonds is 11. The van der Waals surface area contributed by atoms with Crippen LogP contribution in [0, 0.1) is 23.7 Å². The summed E-state index contributed by atoms with van der Waals surface area (Å²) in [6, 6.07) is 0. The average Bonchev–Trinajstić information content (AvgIpc) is 2.68. The third kappa shape index (κ3) is 7.61. The van der Waals surface area contributed by atoms with Crippen LogP contribution in [0.1, 0.15) is 117 Å². The molecule has 0 atom stereocenters. The molecule has 2 fully saturated rings. The fourth-order valence-corrected chi connectivity index (χ4v) is 5.36. The normalized spacial score (nSPS) is 29.5. The van der Waals surface area contributed by atoms with Gasteiger partial charge in [0.25, 0.3) is 0 Å². The second kappa shape index (κ2) is 12.8. The zero-order valence-electron chi connectivity index (χ0n) is 17.6. The third-order valence-corrected chi connectivity index (χ3v) is 7.10. The molecule has 0 aromatic rings. The lowest BCUT2D eigenvalue weighted by Crippen LogP contribution is -2.29. The summed E-state index contributed by atoms with van der Waals surface area (Å²) in [5, 5.41) is 0. The fraction of sp³-hybridized carbons (Fsp3) is 0.958. The molecule has 2 rings (SSSR count). The van der Waals surface area contributed by atoms with Crippen LogP contribution in [0.15, 0.2) is 0 Å². The molecule has 2 aliphatic rings. The lowest BCUT2D eigenvalue weighted by atomic mass is 9.69. The molecule has 2 heteroatoms. The quantitative estimate of drug-likeness (QED) is 0.284. The van der Waals surface area contributed by atoms with Gasteiger partial charge in [0.1, 0.15) is 0 Å². The Bertz CT molecular complexity index is 362. The van der Waals surface area contributed by atoms with Gasteiger partial charge in [-0.05, 0) is 62.7 Å². The fourth-order valence-electron chi connectivity index (χ4n) is 5.36. The first-order valence-corrected chi connectivity index (χ1v) is 11.9. The van der Waals surface area contributed by atoms with Crippen molar-refractivity contribution in [1.29, 1.82) is 0 Å². The highest BCUT2D eigenvalue weighted by Gasteiger charge is 2.33. The lowest BCUT2D eigenvalue weighted by Gasteiger charge is -2.37. The van der Waals surface area contributed by atoms with Crippen molar-refractivity contribution in [2.75, 3.05) is 6.61 Å². The average molecular weight is 365 g/mol. The molecule has 2 aliphatic carbocycles. The van der Waals surface area contributed by atoms with Crippen LogP contribution in [0.5, 0.6) is 0 Å². The molecule has 0 heterocycles. The predicted octanol–water partition coefficient (Wildman–Crippen LogP) is 7.30. The minimum Gasteiger partial charge on any atom is -0.465 e. The van der Waals surface area contributed by atoms with Crippen LogP contribution in [-0.2, 0) is 9.53 Å². The zero-order valence-corrected chi connectivity index (χ0v) is 17.6. The summed E-state index contributed by atoms with van der Waals surface area (Å²) in [4.78, 5) is 12.3. The van der Waals surface area contributed by atoms with Gasteiger partial charge >= 0.3 is 5.97 Å². The van der Waals surface area contributed by atoms with E-state index in [1.54, 1.807) is 0 Å². The minimum atomic E-state index is 0.101. The van der Waals surface area contributed by atoms with Crippen LogP contribution in [0.2, 0.25) is 0 Å². The molecule has 0 radical (unpaired) electrons. The van der Waals surface area contributed by atoms with Crippen LogP contribution in [0.3, 0.4) is 0 Å². The van der Waals surface area contributed by atoms with E-state index in [-0.39, 0.29) is 11.9 Å². The molecule has 0 aliphatic heterocycles. The van der Waals surface area contributed by atoms with Gasteiger partial charge in [-0.3, -0.25) is 4.79 Å². The monoisotopic (exact) mass is 364 g/mol. The maximum atomic E-state index is 12.3. The number of carbonyl (C=O) groups is 1. The number of unbranched alkanes of at least 4 members (excludes halogenated alkanes) is 5. The van der Waals surface area contributed by atoms with Crippen molar-refractivity contribution in [1.82, 2.24) is 0 Å². The van der Waals surface area contributed by atoms with E-state index in [1.165, 1.54) is 83.5 Å². The van der Waals surface area contributed by atoms with Crippen LogP contribution < -0.4 is 0 Å². The first-order valence-electron chi connectivity index (χ1n) is 11.9. The number of ether oxygens (including phenoxy) is 1. The molecular formula is C24H44O2. The zero-order chi connectivity index (χ0) is 18.6. The smallest absolute Gasteiger partial charge is 0.308 e. The summed E-state index contributed by atoms with van der Waals surface area (Å²) in [5.41, 5.74) is 0. The van der Waals surface area contributed by atoms with Gasteiger partial charge in [-0.2, -0.15) is 0 Å². The molecule has 0 spiro atoms. The van der Waals surface area contributed by atoms with Crippen molar-refractivity contribution in [2.45, 2.75) is 117 Å². The molecule has 26 heavy (non-hydrogen) atoms. The summed E-state index contributed by atoms with van der Waals surface area (Å²) < 4.78 is 5.57. The Labute approximate surface area is 162 Å². The largest absolute Gasteiger partial charge is 0.465 e. The summed E-state index contributed by atoms with van der Waals surface area (Å²) in [6.07, 6.45) is 20.8. The Kier molecular flexibility index (Phi) is 10.7. The van der Waals surface area contributed by atoms with E-state index in [0.29, 0.717) is 6.61 Å². The Morgan fingerprint density at radius 2 is 1.31 bits per heavy atom. The molecule has 0 N–H and O–H groups in total. The molecule has 0 unspecified atom stereocenters. The van der Waals surface area contributed by atoms with E-state index >= 15 is 0 Å². The molecule has 0 bridgehead atoms. The predicted molar refractivity (Wildman–Crippen MR) is 110 cm³/mol. The molecule has 2 nitrogen and oxygen atoms in total. The van der Waals surface area contributed by atoms with Gasteiger partial charge in [-0.1, -0.05) is 71.6 Å². The first-order chi connectivity index (χ1) is 12.7. The van der Waals surface area contributed by atoms with Crippen molar-refractivity contribution in [3.8, 4) is 0 Å². The van der Waals surface area contributed by atoms with Crippen molar-refractivity contribution in [3.05, 3.63) is 0 Å². The highest BCUT2D eigenvalue weighted by atomic mass is 16.5. The van der Waals surface area contributed by atoms with E-state index < -0.39 is 0 Å². The minimum absolute atomic E-state index is 0.101. The van der Waals surface area contributed by atoms with E-state index in [2.05, 4.69) is 13.8 Å². The summed E-state index contributed by atoms with van der Waals surface area (Å²) >= 11 is 0. The Balaban J connectivity index is 1.54. The third-order valence-electron chi connectivity index (χ3n) is 7.10. The van der Waals surface area contributed by atoms with E-state index in [1.807, 2.05) is 0 Å². The Morgan fingerprint density at radius 1 is 0.731 bits per heavy atom. The van der Waals surface area contributed by atoms with Crippen molar-refractivity contribution in [3.63, 3.8) is 0 Å². The van der Waals surface area contributed by atoms with Crippen molar-refractivity contribution >= 4 is 5.97 Å². The van der Waals surface area contributed by atoms with Gasteiger partial charge in [0, 0.05) is 0 Å². The van der Waals surface area contributed by atoms with Crippen molar-refractivity contribution < 1.29 is 9.53 Å². The van der Waals surface area contributed by atoms with Gasteiger partial charge < -0.3 is 4.74 Å². The van der Waals surface area contributed by atoms with Gasteiger partial charge in [-0.25, -0.2) is 0 Å². The van der Waals surface area contributed by atoms with Crippen LogP contribution in [0.25, 0.3) is 0 Å². The van der Waals surface area contributed by atoms with E-state index in [9.17, 15) is 4.79 Å². The second-order valence-electron chi connectivity index (χ2n) is 9.12. The number of hydrogen-bond acceptors (Lipinski definition) is 2. The van der Waals surface area contributed by atoms with Crippen LogP contribution in [0.4, 0.5) is 0 Å². The second-order valence-corrected chi connectivity index (χ2v) is 9.12. The van der Waals surface area contributed by atoms with E-state index in [4.69, 9.17) is 4.74 Å². The number of hydrogen-bond donors (Lipinski definition) is 0. The Hall–Kier alpha value is -0.530. The van der Waals surface area contributed by atoms with Gasteiger partial charge in [-0.15, -0.1) is 0 Å². The van der Waals surface area contributed by atoms with Gasteiger partial charge in [0.2, 0.25) is 0 Å². The molecule has 0 aromatic heterocycles. The molecule has 0 aromatic carbocycles. The molecule has 0 amide bonds. The van der Waals surface area contributed by atoms with Gasteiger partial charge in [0.05, 0.1) is 12.5 Å². The summed E-state index contributed by atoms with van der Waals surface area (Å²) in [5.74, 6) is 3.14. The first kappa shape index (κ1) is 21.8. The van der Waals surface area contributed by atoms with Gasteiger partial charge in [0.15, 0.2) is 0 Å². The summed E-state index contributed by atoms with van der Waals surface area (Å²) in [7, 11) is 0. The summed E-state index contributed by atoms with van der Waals surface area (Å²) in [6.45, 7) is 5.21. The highest BCUT2D eigenvalue weighted by Crippen LogP contribution is 2.42. The standard InChI is InChI=1S/C24H44O2/c1-3-5-6-7-8-9-19-26-24(25)23-17-15-22(16-18-23)21-13-11-20(10-4-2)12-14-21/h20-23H,3-19H2,1-2H3. The number of carbonyl (C=O) groups excluding carboxylic acids is 1. The van der Waals surface area contributed by atoms with Crippen molar-refractivity contribution in [2.24, 2.45) is 23.7 Å². The van der Waals surface area contributed by atoms with Crippen LogP contribution >= 0.6 is 0 Å². The SMILES string of the molecule is CCCCCCCCOC(=O)C1CCC(C2CCC(CCC)CC2)CC1. The number of esters is 1. The maximum absolute atomic E-state index is 12.3. The lowest BCUT2D eigenvalue weighted by molar-refractivity contribution is -0.150. The molecule has 2 saturated carbocycles. The highest BCUT2D eigenvalue weighted by molar-refractivity contribution is 5.72. The maximum Gasteiger partial charge on any atom is 0.308 e.